The highest BCUT2D eigenvalue weighted by Crippen LogP contribution is 2.14. The first-order valence-corrected chi connectivity index (χ1v) is 7.60. The molecule has 2 heterocycles. The van der Waals surface area contributed by atoms with E-state index in [2.05, 4.69) is 29.2 Å². The highest BCUT2D eigenvalue weighted by atomic mass is 16.5. The summed E-state index contributed by atoms with van der Waals surface area (Å²) in [7, 11) is 1.66. The molecule has 1 saturated heterocycles. The summed E-state index contributed by atoms with van der Waals surface area (Å²) >= 11 is 0. The van der Waals surface area contributed by atoms with Crippen LogP contribution in [-0.2, 0) is 17.9 Å². The Morgan fingerprint density at radius 2 is 2.35 bits per heavy atom. The molecule has 1 aromatic heterocycles. The second-order valence-corrected chi connectivity index (χ2v) is 5.89. The minimum atomic E-state index is 0.485. The fourth-order valence-electron chi connectivity index (χ4n) is 2.67. The van der Waals surface area contributed by atoms with Gasteiger partial charge in [0, 0.05) is 38.3 Å². The molecule has 1 unspecified atom stereocenters. The molecule has 5 heteroatoms. The normalized spacial score (nSPS) is 19.9. The molecule has 0 aromatic carbocycles. The van der Waals surface area contributed by atoms with E-state index in [9.17, 15) is 0 Å². The van der Waals surface area contributed by atoms with Crippen molar-refractivity contribution in [3.63, 3.8) is 0 Å². The van der Waals surface area contributed by atoms with Gasteiger partial charge in [-0.15, -0.1) is 0 Å². The fourth-order valence-corrected chi connectivity index (χ4v) is 2.67. The van der Waals surface area contributed by atoms with Crippen LogP contribution in [0.3, 0.4) is 0 Å². The molecule has 0 amide bonds. The van der Waals surface area contributed by atoms with Crippen LogP contribution in [0.5, 0.6) is 0 Å². The lowest BCUT2D eigenvalue weighted by Crippen LogP contribution is -2.45. The Kier molecular flexibility index (Phi) is 6.01. The number of nitrogens with zero attached hydrogens (tertiary/aromatic N) is 2. The molecule has 5 nitrogen and oxygen atoms in total. The van der Waals surface area contributed by atoms with Crippen molar-refractivity contribution < 1.29 is 9.26 Å². The Bertz CT molecular complexity index is 386. The second kappa shape index (κ2) is 7.76. The molecular weight excluding hydrogens is 254 g/mol. The molecule has 114 valence electrons. The molecule has 1 aromatic rings. The Labute approximate surface area is 121 Å². The topological polar surface area (TPSA) is 50.5 Å². The first-order chi connectivity index (χ1) is 9.69. The van der Waals surface area contributed by atoms with E-state index in [0.717, 1.165) is 31.1 Å². The predicted octanol–water partition coefficient (Wildman–Crippen LogP) is 2.17. The number of hydrogen-bond acceptors (Lipinski definition) is 5. The van der Waals surface area contributed by atoms with E-state index in [1.807, 2.05) is 6.07 Å². The van der Waals surface area contributed by atoms with E-state index in [-0.39, 0.29) is 0 Å². The van der Waals surface area contributed by atoms with Crippen molar-refractivity contribution in [2.75, 3.05) is 20.2 Å². The number of piperidine rings is 1. The van der Waals surface area contributed by atoms with Crippen LogP contribution in [0.4, 0.5) is 0 Å². The minimum Gasteiger partial charge on any atom is -0.377 e. The Morgan fingerprint density at radius 1 is 1.50 bits per heavy atom. The molecule has 0 bridgehead atoms. The van der Waals surface area contributed by atoms with Gasteiger partial charge < -0.3 is 14.6 Å². The van der Waals surface area contributed by atoms with Gasteiger partial charge in [0.2, 0.25) is 0 Å². The molecule has 1 N–H and O–H groups in total. The van der Waals surface area contributed by atoms with Crippen molar-refractivity contribution >= 4 is 0 Å². The molecular formula is C15H27N3O2. The van der Waals surface area contributed by atoms with Crippen molar-refractivity contribution in [1.29, 1.82) is 0 Å². The summed E-state index contributed by atoms with van der Waals surface area (Å²) in [5.41, 5.74) is 0.988. The third-order valence-corrected chi connectivity index (χ3v) is 3.86. The third-order valence-electron chi connectivity index (χ3n) is 3.86. The highest BCUT2D eigenvalue weighted by molar-refractivity contribution is 5.04. The smallest absolute Gasteiger partial charge is 0.162 e. The number of hydrogen-bond donors (Lipinski definition) is 1. The van der Waals surface area contributed by atoms with Crippen molar-refractivity contribution in [3.8, 4) is 0 Å². The van der Waals surface area contributed by atoms with Gasteiger partial charge in [-0.1, -0.05) is 11.6 Å². The number of ether oxygens (including phenoxy) is 1. The number of rotatable bonds is 7. The number of aromatic nitrogens is 1. The largest absolute Gasteiger partial charge is 0.377 e. The van der Waals surface area contributed by atoms with Crippen molar-refractivity contribution in [1.82, 2.24) is 15.4 Å². The molecule has 0 spiro atoms. The maximum atomic E-state index is 5.26. The zero-order valence-electron chi connectivity index (χ0n) is 12.9. The summed E-state index contributed by atoms with van der Waals surface area (Å²) in [6, 6.07) is 3.10. The van der Waals surface area contributed by atoms with Crippen molar-refractivity contribution in [2.45, 2.75) is 58.3 Å². The second-order valence-electron chi connectivity index (χ2n) is 5.89. The summed E-state index contributed by atoms with van der Waals surface area (Å²) in [5.74, 6) is 0.794. The number of nitrogens with one attached hydrogen (secondary N) is 1. The van der Waals surface area contributed by atoms with E-state index in [0.29, 0.717) is 18.7 Å². The van der Waals surface area contributed by atoms with Crippen LogP contribution >= 0.6 is 0 Å². The van der Waals surface area contributed by atoms with E-state index < -0.39 is 0 Å². The van der Waals surface area contributed by atoms with Crippen LogP contribution in [0.2, 0.25) is 0 Å². The van der Waals surface area contributed by atoms with E-state index in [4.69, 9.17) is 9.26 Å². The van der Waals surface area contributed by atoms with Gasteiger partial charge >= 0.3 is 0 Å². The van der Waals surface area contributed by atoms with Crippen molar-refractivity contribution in [2.24, 2.45) is 0 Å². The molecule has 0 radical (unpaired) electrons. The van der Waals surface area contributed by atoms with Crippen molar-refractivity contribution in [3.05, 3.63) is 17.5 Å². The quantitative estimate of drug-likeness (QED) is 0.830. The average Bonchev–Trinajstić information content (AvgIpc) is 2.87. The molecule has 1 fully saturated rings. The van der Waals surface area contributed by atoms with E-state index >= 15 is 0 Å². The molecule has 2 rings (SSSR count). The van der Waals surface area contributed by atoms with Crippen LogP contribution < -0.4 is 5.32 Å². The number of methoxy groups -OCH3 is 1. The van der Waals surface area contributed by atoms with Crippen LogP contribution in [0.25, 0.3) is 0 Å². The zero-order valence-corrected chi connectivity index (χ0v) is 12.9. The van der Waals surface area contributed by atoms with Gasteiger partial charge in [-0.2, -0.15) is 0 Å². The molecule has 1 aliphatic rings. The molecule has 1 atom stereocenters. The molecule has 0 aliphatic carbocycles. The van der Waals surface area contributed by atoms with E-state index in [1.165, 1.54) is 19.3 Å². The minimum absolute atomic E-state index is 0.485. The van der Waals surface area contributed by atoms with E-state index in [1.54, 1.807) is 7.11 Å². The van der Waals surface area contributed by atoms with Gasteiger partial charge in [0.15, 0.2) is 5.76 Å². The maximum Gasteiger partial charge on any atom is 0.162 e. The highest BCUT2D eigenvalue weighted by Gasteiger charge is 2.20. The standard InChI is InChI=1S/C15H27N3O2/c1-12(2)18(9-13-6-4-5-7-16-13)10-14-8-15(11-19-3)20-17-14/h8,12-13,16H,4-7,9-11H2,1-3H3. The Morgan fingerprint density at radius 3 is 3.00 bits per heavy atom. The summed E-state index contributed by atoms with van der Waals surface area (Å²) < 4.78 is 10.3. The zero-order chi connectivity index (χ0) is 14.4. The van der Waals surface area contributed by atoms with Crippen LogP contribution in [0, 0.1) is 0 Å². The predicted molar refractivity (Wildman–Crippen MR) is 78.4 cm³/mol. The maximum absolute atomic E-state index is 5.26. The van der Waals surface area contributed by atoms with Gasteiger partial charge in [0.25, 0.3) is 0 Å². The summed E-state index contributed by atoms with van der Waals surface area (Å²) in [4.78, 5) is 2.46. The first-order valence-electron chi connectivity index (χ1n) is 7.60. The SMILES string of the molecule is COCc1cc(CN(CC2CCCCN2)C(C)C)no1. The Balaban J connectivity index is 1.90. The molecule has 0 saturated carbocycles. The lowest BCUT2D eigenvalue weighted by atomic mass is 10.0. The fraction of sp³-hybridized carbons (Fsp3) is 0.800. The lowest BCUT2D eigenvalue weighted by molar-refractivity contribution is 0.154. The van der Waals surface area contributed by atoms with Gasteiger partial charge in [-0.05, 0) is 33.2 Å². The third kappa shape index (κ3) is 4.58. The lowest BCUT2D eigenvalue weighted by Gasteiger charge is -2.32. The summed E-state index contributed by atoms with van der Waals surface area (Å²) in [6.07, 6.45) is 3.92. The van der Waals surface area contributed by atoms with Gasteiger partial charge in [0.1, 0.15) is 6.61 Å². The van der Waals surface area contributed by atoms with Crippen LogP contribution in [0.1, 0.15) is 44.6 Å². The van der Waals surface area contributed by atoms with Gasteiger partial charge in [-0.25, -0.2) is 0 Å². The first kappa shape index (κ1) is 15.5. The summed E-state index contributed by atoms with van der Waals surface area (Å²) in [5, 5.41) is 7.74. The van der Waals surface area contributed by atoms with Crippen LogP contribution in [0.15, 0.2) is 10.6 Å². The monoisotopic (exact) mass is 281 g/mol. The average molecular weight is 281 g/mol. The molecule has 20 heavy (non-hydrogen) atoms. The van der Waals surface area contributed by atoms with Gasteiger partial charge in [0.05, 0.1) is 5.69 Å². The molecule has 1 aliphatic heterocycles. The van der Waals surface area contributed by atoms with Gasteiger partial charge in [-0.3, -0.25) is 4.90 Å². The van der Waals surface area contributed by atoms with Crippen LogP contribution in [-0.4, -0.2) is 42.3 Å². The summed E-state index contributed by atoms with van der Waals surface area (Å²) in [6.45, 7) is 8.02. The Hall–Kier alpha value is -0.910.